The quantitative estimate of drug-likeness (QED) is 0.843. The highest BCUT2D eigenvalue weighted by Crippen LogP contribution is 2.19. The molecule has 6 nitrogen and oxygen atoms in total. The highest BCUT2D eigenvalue weighted by molar-refractivity contribution is 7.13. The standard InChI is InChI=1S/C13H15N5OS/c1-4-13(3,5-2)14-11(19)9-18-16-12(15-17-18)10-7-6-8-20-10/h1,6-8H,5,9H2,2-3H3,(H,14,19)/t13-/m0/s1. The van der Waals surface area contributed by atoms with Gasteiger partial charge in [-0.15, -0.1) is 28.0 Å². The van der Waals surface area contributed by atoms with E-state index in [1.54, 1.807) is 6.92 Å². The van der Waals surface area contributed by atoms with Gasteiger partial charge >= 0.3 is 0 Å². The zero-order chi connectivity index (χ0) is 14.6. The van der Waals surface area contributed by atoms with Gasteiger partial charge in [0.2, 0.25) is 11.7 Å². The first kappa shape index (κ1) is 14.2. The summed E-state index contributed by atoms with van der Waals surface area (Å²) in [6.45, 7) is 3.72. The molecule has 0 aliphatic heterocycles. The summed E-state index contributed by atoms with van der Waals surface area (Å²) >= 11 is 1.52. The molecule has 0 aromatic carbocycles. The van der Waals surface area contributed by atoms with E-state index >= 15 is 0 Å². The van der Waals surface area contributed by atoms with Crippen LogP contribution in [0.1, 0.15) is 20.3 Å². The average molecular weight is 289 g/mol. The Hall–Kier alpha value is -2.20. The number of tetrazole rings is 1. The molecule has 2 heterocycles. The van der Waals surface area contributed by atoms with Crippen molar-refractivity contribution in [3.8, 4) is 23.0 Å². The fraction of sp³-hybridized carbons (Fsp3) is 0.385. The van der Waals surface area contributed by atoms with Gasteiger partial charge < -0.3 is 5.32 Å². The van der Waals surface area contributed by atoms with Gasteiger partial charge in [-0.25, -0.2) is 0 Å². The van der Waals surface area contributed by atoms with E-state index in [-0.39, 0.29) is 12.5 Å². The lowest BCUT2D eigenvalue weighted by molar-refractivity contribution is -0.123. The Morgan fingerprint density at radius 1 is 1.65 bits per heavy atom. The first-order valence-electron chi connectivity index (χ1n) is 6.17. The average Bonchev–Trinajstić information content (AvgIpc) is 3.08. The second-order valence-corrected chi connectivity index (χ2v) is 5.45. The molecule has 0 saturated heterocycles. The van der Waals surface area contributed by atoms with Crippen LogP contribution < -0.4 is 5.32 Å². The van der Waals surface area contributed by atoms with Crippen LogP contribution in [0.3, 0.4) is 0 Å². The van der Waals surface area contributed by atoms with Gasteiger partial charge in [0.05, 0.1) is 10.4 Å². The van der Waals surface area contributed by atoms with Crippen LogP contribution in [0.15, 0.2) is 17.5 Å². The Kier molecular flexibility index (Phi) is 4.15. The van der Waals surface area contributed by atoms with Gasteiger partial charge in [-0.1, -0.05) is 18.9 Å². The van der Waals surface area contributed by atoms with Crippen molar-refractivity contribution in [2.75, 3.05) is 0 Å². The summed E-state index contributed by atoms with van der Waals surface area (Å²) in [5, 5.41) is 16.7. The number of hydrogen-bond donors (Lipinski definition) is 1. The Labute approximate surface area is 121 Å². The molecular weight excluding hydrogens is 274 g/mol. The topological polar surface area (TPSA) is 72.7 Å². The summed E-state index contributed by atoms with van der Waals surface area (Å²) in [7, 11) is 0. The molecule has 1 amide bonds. The molecule has 0 unspecified atom stereocenters. The molecule has 0 bridgehead atoms. The van der Waals surface area contributed by atoms with Crippen molar-refractivity contribution < 1.29 is 4.79 Å². The maximum atomic E-state index is 11.9. The lowest BCUT2D eigenvalue weighted by Crippen LogP contribution is -2.45. The molecule has 20 heavy (non-hydrogen) atoms. The molecule has 0 saturated carbocycles. The summed E-state index contributed by atoms with van der Waals surface area (Å²) in [4.78, 5) is 14.1. The van der Waals surface area contributed by atoms with Crippen molar-refractivity contribution in [2.24, 2.45) is 0 Å². The smallest absolute Gasteiger partial charge is 0.244 e. The van der Waals surface area contributed by atoms with Gasteiger partial charge in [0.15, 0.2) is 0 Å². The minimum Gasteiger partial charge on any atom is -0.338 e. The predicted molar refractivity (Wildman–Crippen MR) is 76.8 cm³/mol. The number of nitrogens with one attached hydrogen (secondary N) is 1. The summed E-state index contributed by atoms with van der Waals surface area (Å²) in [6.07, 6.45) is 6.07. The third-order valence-electron chi connectivity index (χ3n) is 2.92. The number of aromatic nitrogens is 4. The second-order valence-electron chi connectivity index (χ2n) is 4.50. The van der Waals surface area contributed by atoms with Crippen molar-refractivity contribution in [2.45, 2.75) is 32.4 Å². The summed E-state index contributed by atoms with van der Waals surface area (Å²) < 4.78 is 0. The van der Waals surface area contributed by atoms with Gasteiger partial charge in [0.25, 0.3) is 0 Å². The minimum absolute atomic E-state index is 0.00432. The van der Waals surface area contributed by atoms with E-state index in [0.717, 1.165) is 4.88 Å². The summed E-state index contributed by atoms with van der Waals surface area (Å²) in [5.41, 5.74) is -0.645. The number of terminal acetylenes is 1. The lowest BCUT2D eigenvalue weighted by Gasteiger charge is -2.22. The lowest BCUT2D eigenvalue weighted by atomic mass is 10.0. The SMILES string of the molecule is C#C[C@@](C)(CC)NC(=O)Cn1nnc(-c2cccs2)n1. The van der Waals surface area contributed by atoms with Crippen LogP contribution in [0, 0.1) is 12.3 Å². The van der Waals surface area contributed by atoms with Crippen molar-refractivity contribution in [1.29, 1.82) is 0 Å². The van der Waals surface area contributed by atoms with Gasteiger partial charge in [0.1, 0.15) is 6.54 Å². The van der Waals surface area contributed by atoms with Gasteiger partial charge in [-0.3, -0.25) is 4.79 Å². The number of carbonyl (C=O) groups is 1. The molecule has 2 aromatic rings. The molecule has 7 heteroatoms. The molecule has 0 aliphatic rings. The predicted octanol–water partition coefficient (Wildman–Crippen LogP) is 1.32. The highest BCUT2D eigenvalue weighted by Gasteiger charge is 2.21. The normalized spacial score (nSPS) is 13.4. The molecule has 2 aromatic heterocycles. The summed E-state index contributed by atoms with van der Waals surface area (Å²) in [5.74, 6) is 2.86. The number of nitrogens with zero attached hydrogens (tertiary/aromatic N) is 4. The third-order valence-corrected chi connectivity index (χ3v) is 3.79. The van der Waals surface area contributed by atoms with Crippen LogP contribution in [0.5, 0.6) is 0 Å². The Morgan fingerprint density at radius 2 is 2.45 bits per heavy atom. The molecule has 2 rings (SSSR count). The molecule has 0 radical (unpaired) electrons. The monoisotopic (exact) mass is 289 g/mol. The second kappa shape index (κ2) is 5.84. The van der Waals surface area contributed by atoms with E-state index in [1.807, 2.05) is 24.4 Å². The number of rotatable bonds is 5. The molecule has 0 fully saturated rings. The Morgan fingerprint density at radius 3 is 3.05 bits per heavy atom. The van der Waals surface area contributed by atoms with Crippen molar-refractivity contribution in [3.05, 3.63) is 17.5 Å². The molecule has 1 N–H and O–H groups in total. The van der Waals surface area contributed by atoms with E-state index in [9.17, 15) is 4.79 Å². The summed E-state index contributed by atoms with van der Waals surface area (Å²) in [6, 6.07) is 3.81. The van der Waals surface area contributed by atoms with Crippen LogP contribution in [0.2, 0.25) is 0 Å². The maximum Gasteiger partial charge on any atom is 0.244 e. The maximum absolute atomic E-state index is 11.9. The highest BCUT2D eigenvalue weighted by atomic mass is 32.1. The minimum atomic E-state index is -0.645. The Bertz CT molecular complexity index is 627. The van der Waals surface area contributed by atoms with Crippen LogP contribution in [0.4, 0.5) is 0 Å². The number of hydrogen-bond acceptors (Lipinski definition) is 5. The third kappa shape index (κ3) is 3.22. The van der Waals surface area contributed by atoms with E-state index in [2.05, 4.69) is 26.6 Å². The van der Waals surface area contributed by atoms with Crippen molar-refractivity contribution in [3.63, 3.8) is 0 Å². The first-order chi connectivity index (χ1) is 9.56. The number of thiophene rings is 1. The van der Waals surface area contributed by atoms with Crippen LogP contribution >= 0.6 is 11.3 Å². The largest absolute Gasteiger partial charge is 0.338 e. The fourth-order valence-electron chi connectivity index (χ4n) is 1.52. The zero-order valence-electron chi connectivity index (χ0n) is 11.3. The number of carbonyl (C=O) groups excluding carboxylic acids is 1. The first-order valence-corrected chi connectivity index (χ1v) is 7.05. The van der Waals surface area contributed by atoms with Gasteiger partial charge in [-0.05, 0) is 30.0 Å². The Balaban J connectivity index is 2.01. The molecule has 104 valence electrons. The van der Waals surface area contributed by atoms with Crippen LogP contribution in [-0.2, 0) is 11.3 Å². The zero-order valence-corrected chi connectivity index (χ0v) is 12.1. The van der Waals surface area contributed by atoms with E-state index in [0.29, 0.717) is 12.2 Å². The van der Waals surface area contributed by atoms with E-state index in [4.69, 9.17) is 6.42 Å². The van der Waals surface area contributed by atoms with Gasteiger partial charge in [0, 0.05) is 0 Å². The molecule has 1 atom stereocenters. The van der Waals surface area contributed by atoms with Gasteiger partial charge in [-0.2, -0.15) is 4.80 Å². The van der Waals surface area contributed by atoms with Crippen LogP contribution in [-0.4, -0.2) is 31.7 Å². The molecular formula is C13H15N5OS. The van der Waals surface area contributed by atoms with E-state index in [1.165, 1.54) is 16.1 Å². The van der Waals surface area contributed by atoms with Crippen molar-refractivity contribution >= 4 is 17.2 Å². The number of amides is 1. The van der Waals surface area contributed by atoms with Crippen molar-refractivity contribution in [1.82, 2.24) is 25.5 Å². The molecule has 0 spiro atoms. The molecule has 0 aliphatic carbocycles. The fourth-order valence-corrected chi connectivity index (χ4v) is 2.16. The van der Waals surface area contributed by atoms with Crippen LogP contribution in [0.25, 0.3) is 10.7 Å². The van der Waals surface area contributed by atoms with E-state index < -0.39 is 5.54 Å².